The van der Waals surface area contributed by atoms with E-state index < -0.39 is 5.97 Å². The second-order valence-electron chi connectivity index (χ2n) is 15.5. The van der Waals surface area contributed by atoms with E-state index in [1.165, 1.54) is 51.4 Å². The molecule has 2 heterocycles. The molecule has 198 valence electrons. The van der Waals surface area contributed by atoms with Crippen molar-refractivity contribution in [1.29, 1.82) is 0 Å². The van der Waals surface area contributed by atoms with Crippen LogP contribution in [0.4, 0.5) is 0 Å². The molecule has 35 heavy (non-hydrogen) atoms. The summed E-state index contributed by atoms with van der Waals surface area (Å²) in [6.45, 7) is 16.4. The van der Waals surface area contributed by atoms with E-state index >= 15 is 0 Å². The third-order valence-corrected chi connectivity index (χ3v) is 14.2. The maximum atomic E-state index is 6.63. The highest BCUT2D eigenvalue weighted by atomic mass is 16.9. The summed E-state index contributed by atoms with van der Waals surface area (Å²) in [6.07, 6.45) is 12.9. The van der Waals surface area contributed by atoms with Crippen LogP contribution in [0.3, 0.4) is 0 Å². The zero-order valence-corrected chi connectivity index (χ0v) is 23.6. The van der Waals surface area contributed by atoms with Crippen molar-refractivity contribution in [2.75, 3.05) is 7.11 Å². The summed E-state index contributed by atoms with van der Waals surface area (Å²) in [5.41, 5.74) is 0.828. The third-order valence-electron chi connectivity index (χ3n) is 14.2. The van der Waals surface area contributed by atoms with E-state index in [2.05, 4.69) is 41.5 Å². The average Bonchev–Trinajstić information content (AvgIpc) is 3.23. The van der Waals surface area contributed by atoms with Crippen molar-refractivity contribution in [1.82, 2.24) is 0 Å². The standard InChI is InChI=1S/C31H50O4/c1-18(24-17-29(6)26(2,3)34-30(7,33-24)35-29)21-9-10-22-20-15-25(32-8)31-16-19(31)11-14-28(31,5)23(20)12-13-27(21,22)4/h18-25H,9-17H2,1-8H3/t18-,19+,20-,21+,22-,23-,24+,25+,27+,28+,29+,30-,31-/m0/s1. The Labute approximate surface area is 213 Å². The minimum atomic E-state index is -0.909. The molecule has 0 radical (unpaired) electrons. The van der Waals surface area contributed by atoms with Gasteiger partial charge in [-0.1, -0.05) is 20.8 Å². The van der Waals surface area contributed by atoms with Crippen LogP contribution in [0.15, 0.2) is 0 Å². The highest BCUT2D eigenvalue weighted by Gasteiger charge is 2.77. The van der Waals surface area contributed by atoms with Gasteiger partial charge >= 0.3 is 0 Å². The van der Waals surface area contributed by atoms with Gasteiger partial charge in [0.15, 0.2) is 0 Å². The Balaban J connectivity index is 1.15. The SMILES string of the molecule is CO[C@@H]1C[C@H]2[C@@H]3CC[C@H]([C@H](C)[C@H]4C[C@@]5(C)O[C@@](C)(O4)OC5(C)C)[C@@]3(C)CC[C@@H]2[C@@]2(C)CC[C@@H]3C[C@]312. The van der Waals surface area contributed by atoms with Crippen molar-refractivity contribution in [3.63, 3.8) is 0 Å². The van der Waals surface area contributed by atoms with Gasteiger partial charge in [-0.2, -0.15) is 0 Å². The number of hydrogen-bond donors (Lipinski definition) is 0. The van der Waals surface area contributed by atoms with Crippen LogP contribution in [0.1, 0.15) is 106 Å². The molecule has 4 nitrogen and oxygen atoms in total. The van der Waals surface area contributed by atoms with Crippen LogP contribution in [0.2, 0.25) is 0 Å². The summed E-state index contributed by atoms with van der Waals surface area (Å²) in [4.78, 5) is 0. The van der Waals surface area contributed by atoms with Crippen LogP contribution in [-0.4, -0.2) is 36.5 Å². The first-order valence-electron chi connectivity index (χ1n) is 14.9. The summed E-state index contributed by atoms with van der Waals surface area (Å²) >= 11 is 0. The van der Waals surface area contributed by atoms with Crippen molar-refractivity contribution >= 4 is 0 Å². The lowest BCUT2D eigenvalue weighted by atomic mass is 9.45. The fraction of sp³-hybridized carbons (Fsp3) is 1.00. The highest BCUT2D eigenvalue weighted by molar-refractivity contribution is 5.26. The first-order chi connectivity index (χ1) is 16.3. The van der Waals surface area contributed by atoms with E-state index in [-0.39, 0.29) is 17.3 Å². The summed E-state index contributed by atoms with van der Waals surface area (Å²) in [5.74, 6) is 3.88. The van der Waals surface area contributed by atoms with Gasteiger partial charge in [0.2, 0.25) is 0 Å². The number of methoxy groups -OCH3 is 1. The molecule has 5 saturated carbocycles. The van der Waals surface area contributed by atoms with Gasteiger partial charge in [0.05, 0.1) is 17.8 Å². The minimum absolute atomic E-state index is 0.194. The molecule has 0 aromatic rings. The molecular formula is C31H50O4. The Kier molecular flexibility index (Phi) is 4.70. The van der Waals surface area contributed by atoms with Crippen LogP contribution < -0.4 is 0 Å². The summed E-state index contributed by atoms with van der Waals surface area (Å²) in [5, 5.41) is 0. The summed E-state index contributed by atoms with van der Waals surface area (Å²) in [7, 11) is 2.01. The van der Waals surface area contributed by atoms with E-state index in [0.717, 1.165) is 30.1 Å². The van der Waals surface area contributed by atoms with Gasteiger partial charge in [-0.3, -0.25) is 0 Å². The molecule has 0 aromatic heterocycles. The van der Waals surface area contributed by atoms with Crippen LogP contribution in [0.25, 0.3) is 0 Å². The second-order valence-corrected chi connectivity index (χ2v) is 15.5. The Morgan fingerprint density at radius 1 is 0.857 bits per heavy atom. The molecule has 13 atom stereocenters. The fourth-order valence-corrected chi connectivity index (χ4v) is 12.2. The molecule has 4 heteroatoms. The van der Waals surface area contributed by atoms with E-state index in [0.29, 0.717) is 34.2 Å². The molecular weight excluding hydrogens is 436 g/mol. The highest BCUT2D eigenvalue weighted by Crippen LogP contribution is 2.82. The fourth-order valence-electron chi connectivity index (χ4n) is 12.2. The molecule has 7 rings (SSSR count). The van der Waals surface area contributed by atoms with Gasteiger partial charge in [0.1, 0.15) is 5.60 Å². The number of rotatable bonds is 3. The van der Waals surface area contributed by atoms with Crippen molar-refractivity contribution < 1.29 is 18.9 Å². The van der Waals surface area contributed by atoms with E-state index in [1.807, 2.05) is 14.0 Å². The van der Waals surface area contributed by atoms with Crippen molar-refractivity contribution in [2.24, 2.45) is 51.8 Å². The van der Waals surface area contributed by atoms with Gasteiger partial charge in [-0.15, -0.1) is 0 Å². The van der Waals surface area contributed by atoms with Gasteiger partial charge < -0.3 is 18.9 Å². The quantitative estimate of drug-likeness (QED) is 0.432. The number of ether oxygens (including phenoxy) is 4. The minimum Gasteiger partial charge on any atom is -0.381 e. The predicted molar refractivity (Wildman–Crippen MR) is 136 cm³/mol. The molecule has 2 bridgehead atoms. The number of hydrogen-bond acceptors (Lipinski definition) is 4. The largest absolute Gasteiger partial charge is 0.381 e. The Morgan fingerprint density at radius 2 is 1.63 bits per heavy atom. The lowest BCUT2D eigenvalue weighted by Crippen LogP contribution is -2.57. The zero-order chi connectivity index (χ0) is 24.8. The normalized spacial score (nSPS) is 62.6. The summed E-state index contributed by atoms with van der Waals surface area (Å²) < 4.78 is 25.7. The Morgan fingerprint density at radius 3 is 2.31 bits per heavy atom. The van der Waals surface area contributed by atoms with Crippen molar-refractivity contribution in [2.45, 2.75) is 136 Å². The first-order valence-corrected chi connectivity index (χ1v) is 14.9. The molecule has 7 fully saturated rings. The molecule has 0 N–H and O–H groups in total. The molecule has 1 spiro atoms. The van der Waals surface area contributed by atoms with Gasteiger partial charge in [-0.05, 0) is 118 Å². The molecule has 0 aromatic carbocycles. The molecule has 0 unspecified atom stereocenters. The Bertz CT molecular complexity index is 914. The van der Waals surface area contributed by atoms with E-state index in [1.54, 1.807) is 0 Å². The van der Waals surface area contributed by atoms with Gasteiger partial charge in [0, 0.05) is 25.9 Å². The maximum absolute atomic E-state index is 6.63. The van der Waals surface area contributed by atoms with Crippen LogP contribution in [0, 0.1) is 51.8 Å². The van der Waals surface area contributed by atoms with Gasteiger partial charge in [-0.25, -0.2) is 0 Å². The Hall–Kier alpha value is -0.160. The third kappa shape index (κ3) is 2.74. The lowest BCUT2D eigenvalue weighted by Gasteiger charge is -2.61. The molecule has 0 amide bonds. The van der Waals surface area contributed by atoms with Crippen LogP contribution >= 0.6 is 0 Å². The molecule has 2 saturated heterocycles. The van der Waals surface area contributed by atoms with E-state index in [4.69, 9.17) is 18.9 Å². The van der Waals surface area contributed by atoms with Crippen molar-refractivity contribution in [3.05, 3.63) is 0 Å². The molecule has 5 aliphatic carbocycles. The first kappa shape index (κ1) is 23.9. The monoisotopic (exact) mass is 486 g/mol. The average molecular weight is 487 g/mol. The summed E-state index contributed by atoms with van der Waals surface area (Å²) in [6, 6.07) is 0. The van der Waals surface area contributed by atoms with E-state index in [9.17, 15) is 0 Å². The maximum Gasteiger partial charge on any atom is 0.281 e. The van der Waals surface area contributed by atoms with Crippen molar-refractivity contribution in [3.8, 4) is 0 Å². The molecule has 2 aliphatic heterocycles. The van der Waals surface area contributed by atoms with Crippen LogP contribution in [0.5, 0.6) is 0 Å². The smallest absolute Gasteiger partial charge is 0.281 e. The number of fused-ring (bicyclic) bond motifs is 6. The second kappa shape index (κ2) is 6.88. The lowest BCUT2D eigenvalue weighted by molar-refractivity contribution is -0.385. The predicted octanol–water partition coefficient (Wildman–Crippen LogP) is 6.95. The topological polar surface area (TPSA) is 36.9 Å². The molecule has 7 aliphatic rings. The van der Waals surface area contributed by atoms with Crippen LogP contribution in [-0.2, 0) is 18.9 Å². The zero-order valence-electron chi connectivity index (χ0n) is 23.6. The van der Waals surface area contributed by atoms with Gasteiger partial charge in [0.25, 0.3) is 5.97 Å².